The molecule has 0 spiro atoms. The Morgan fingerprint density at radius 3 is 1.59 bits per heavy atom. The molecule has 474 valence electrons. The number of para-hydroxylation sites is 3. The predicted molar refractivity (Wildman–Crippen MR) is 369 cm³/mol. The molecule has 6 heterocycles. The number of fused-ring (bicyclic) bond motifs is 6. The lowest BCUT2D eigenvalue weighted by atomic mass is 10.0. The van der Waals surface area contributed by atoms with E-state index in [4.69, 9.17) is 46.4 Å². The second kappa shape index (κ2) is 29.2. The van der Waals surface area contributed by atoms with Crippen LogP contribution in [-0.4, -0.2) is 103 Å². The molecular weight excluding hydrogens is 1330 g/mol. The lowest BCUT2D eigenvalue weighted by Crippen LogP contribution is -2.40. The van der Waals surface area contributed by atoms with Crippen molar-refractivity contribution in [3.63, 3.8) is 0 Å². The number of carbonyl (C=O) groups is 10. The lowest BCUT2D eigenvalue weighted by molar-refractivity contribution is -0.117. The maximum Gasteiger partial charge on any atom is 0.258 e. The van der Waals surface area contributed by atoms with E-state index in [2.05, 4.69) is 21.2 Å². The van der Waals surface area contributed by atoms with Gasteiger partial charge in [-0.2, -0.15) is 0 Å². The quantitative estimate of drug-likeness (QED) is 0.130. The molecule has 21 heteroatoms. The van der Waals surface area contributed by atoms with Gasteiger partial charge in [-0.1, -0.05) is 159 Å². The minimum Gasteiger partial charge on any atom is -0.376 e. The van der Waals surface area contributed by atoms with Gasteiger partial charge in [0.1, 0.15) is 6.04 Å². The zero-order valence-electron chi connectivity index (χ0n) is 51.4. The molecular formula is C72H61BrCl4N6O10. The molecule has 0 aromatic heterocycles. The third-order valence-electron chi connectivity index (χ3n) is 16.2. The Hall–Kier alpha value is -9.10. The number of ketones is 6. The zero-order chi connectivity index (χ0) is 67.3. The van der Waals surface area contributed by atoms with E-state index in [1.807, 2.05) is 135 Å². The van der Waals surface area contributed by atoms with Gasteiger partial charge in [0.25, 0.3) is 5.91 Å². The Balaban J connectivity index is 0.000000133. The molecule has 6 aliphatic heterocycles. The summed E-state index contributed by atoms with van der Waals surface area (Å²) in [5.41, 5.74) is 10.9. The summed E-state index contributed by atoms with van der Waals surface area (Å²) in [5, 5.41) is 3.50. The van der Waals surface area contributed by atoms with Crippen molar-refractivity contribution in [1.29, 1.82) is 0 Å². The van der Waals surface area contributed by atoms with Crippen molar-refractivity contribution in [3.05, 3.63) is 244 Å². The number of hydrogen-bond acceptors (Lipinski definition) is 12. The Kier molecular flexibility index (Phi) is 21.5. The highest BCUT2D eigenvalue weighted by atomic mass is 79.9. The average Bonchev–Trinajstić information content (AvgIpc) is 1.74. The van der Waals surface area contributed by atoms with Gasteiger partial charge < -0.3 is 24.9 Å². The van der Waals surface area contributed by atoms with E-state index in [1.54, 1.807) is 72.5 Å². The van der Waals surface area contributed by atoms with Gasteiger partial charge in [0.15, 0.2) is 34.7 Å². The molecule has 3 atom stereocenters. The van der Waals surface area contributed by atoms with Gasteiger partial charge in [0.2, 0.25) is 17.7 Å². The topological polar surface area (TPSA) is 199 Å². The fraction of sp³-hybridized carbons (Fsp3) is 0.194. The highest BCUT2D eigenvalue weighted by Crippen LogP contribution is 2.46. The third kappa shape index (κ3) is 14.3. The second-order valence-electron chi connectivity index (χ2n) is 22.3. The van der Waals surface area contributed by atoms with Crippen molar-refractivity contribution in [2.24, 2.45) is 0 Å². The van der Waals surface area contributed by atoms with Crippen molar-refractivity contribution < 1.29 is 47.9 Å². The summed E-state index contributed by atoms with van der Waals surface area (Å²) in [6, 6.07) is 51.1. The SMILES string of the molecule is CC(=O)N1CC(=O)c2ccc(Br)cc21.CC(=O)N1c2ccccc2C(=O)C1C.CC(=O)N1c2ccccc2C(=O)C1Cc1ccccc1.Cc1ccc2c(c1)C(=O)C(C)N2C.O=C1CN(C(=O)c2ccccc2)c2ccccc21.O=C1CNc2c(Cl)c(Cl)c(Cl)c(Cl)c21. The molecule has 6 aliphatic rings. The number of carbonyl (C=O) groups excluding carboxylic acids is 10. The molecule has 1 N–H and O–H groups in total. The Morgan fingerprint density at radius 1 is 0.484 bits per heavy atom. The molecule has 4 amide bonds. The van der Waals surface area contributed by atoms with Gasteiger partial charge in [0.05, 0.1) is 85.8 Å². The first-order valence-electron chi connectivity index (χ1n) is 29.3. The predicted octanol–water partition coefficient (Wildman–Crippen LogP) is 14.9. The highest BCUT2D eigenvalue weighted by molar-refractivity contribution is 9.10. The number of likely N-dealkylation sites (N-methyl/N-ethyl adjacent to an activating group) is 1. The molecule has 14 rings (SSSR count). The molecule has 0 saturated heterocycles. The fourth-order valence-corrected chi connectivity index (χ4v) is 12.8. The van der Waals surface area contributed by atoms with Crippen LogP contribution in [0.1, 0.15) is 118 Å². The molecule has 0 aliphatic carbocycles. The Bertz CT molecular complexity index is 4360. The first-order valence-corrected chi connectivity index (χ1v) is 31.6. The number of halogens is 5. The standard InChI is InChI=1S/C17H15NO2.C15H11NO2.C11H11NO2.C11H13NO.C10H8BrNO2.C8H3Cl4NO/c1-12(19)18-15-10-6-5-9-14(15)17(20)16(18)11-13-7-3-2-4-8-13;17-14-10-16(13-9-5-4-8-12(13)14)15(18)11-6-2-1-3-7-11;1-7-11(14)9-5-3-4-6-10(9)12(7)8(2)13;1-7-4-5-10-9(6-7)11(13)8(2)12(10)3;1-6(13)12-5-10(14)8-3-2-7(11)4-9(8)12;9-4-3-2(14)1-13-8(3)7(12)6(11)5(4)10/h2-10,16H,11H2,1H3;1-9H,10H2;3-7H,1-2H3;4-6,8H,1-3H3;2-4H,5H2,1H3;13H,1H2. The first kappa shape index (κ1) is 68.3. The van der Waals surface area contributed by atoms with Gasteiger partial charge >= 0.3 is 0 Å². The molecule has 0 bridgehead atoms. The second-order valence-corrected chi connectivity index (χ2v) is 24.7. The highest BCUT2D eigenvalue weighted by Gasteiger charge is 2.40. The molecule has 8 aromatic carbocycles. The van der Waals surface area contributed by atoms with Crippen LogP contribution in [0.3, 0.4) is 0 Å². The molecule has 16 nitrogen and oxygen atoms in total. The molecule has 0 fully saturated rings. The van der Waals surface area contributed by atoms with Gasteiger partial charge in [0, 0.05) is 77.8 Å². The van der Waals surface area contributed by atoms with Crippen molar-refractivity contribution in [3.8, 4) is 0 Å². The van der Waals surface area contributed by atoms with E-state index in [0.717, 1.165) is 38.2 Å². The van der Waals surface area contributed by atoms with E-state index in [-0.39, 0.29) is 110 Å². The van der Waals surface area contributed by atoms with E-state index < -0.39 is 6.04 Å². The average molecular weight is 1390 g/mol. The molecule has 0 radical (unpaired) electrons. The number of amides is 4. The number of hydrogen-bond donors (Lipinski definition) is 1. The number of nitrogens with zero attached hydrogens (tertiary/aromatic N) is 5. The number of nitrogens with one attached hydrogen (secondary N) is 1. The van der Waals surface area contributed by atoms with Gasteiger partial charge in [-0.3, -0.25) is 52.8 Å². The van der Waals surface area contributed by atoms with Crippen LogP contribution in [0, 0.1) is 6.92 Å². The van der Waals surface area contributed by atoms with Crippen LogP contribution < -0.4 is 29.8 Å². The Morgan fingerprint density at radius 2 is 0.989 bits per heavy atom. The molecule has 0 saturated carbocycles. The number of aryl methyl sites for hydroxylation is 1. The molecule has 3 unspecified atom stereocenters. The Labute approximate surface area is 566 Å². The number of rotatable bonds is 3. The van der Waals surface area contributed by atoms with Crippen LogP contribution in [0.15, 0.2) is 174 Å². The minimum absolute atomic E-state index is 0.00250. The monoisotopic (exact) mass is 1390 g/mol. The van der Waals surface area contributed by atoms with Crippen LogP contribution in [0.5, 0.6) is 0 Å². The number of anilines is 6. The van der Waals surface area contributed by atoms with Crippen LogP contribution >= 0.6 is 62.3 Å². The van der Waals surface area contributed by atoms with E-state index in [1.165, 1.54) is 35.5 Å². The third-order valence-corrected chi connectivity index (χ3v) is 18.5. The summed E-state index contributed by atoms with van der Waals surface area (Å²) in [5.74, 6) is -0.260. The number of Topliss-reactive ketones (excluding diaryl/α,β-unsaturated/α-hetero) is 6. The summed E-state index contributed by atoms with van der Waals surface area (Å²) in [7, 11) is 1.96. The van der Waals surface area contributed by atoms with E-state index in [0.29, 0.717) is 56.9 Å². The van der Waals surface area contributed by atoms with Crippen LogP contribution in [-0.2, 0) is 20.8 Å². The minimum atomic E-state index is -0.424. The summed E-state index contributed by atoms with van der Waals surface area (Å²) in [6.45, 7) is 10.6. The fourth-order valence-electron chi connectivity index (χ4n) is 11.5. The lowest BCUT2D eigenvalue weighted by Gasteiger charge is -2.22. The normalized spacial score (nSPS) is 16.5. The summed E-state index contributed by atoms with van der Waals surface area (Å²) < 4.78 is 0.872. The largest absolute Gasteiger partial charge is 0.376 e. The summed E-state index contributed by atoms with van der Waals surface area (Å²) in [4.78, 5) is 126. The van der Waals surface area contributed by atoms with E-state index in [9.17, 15) is 47.9 Å². The van der Waals surface area contributed by atoms with Gasteiger partial charge in [-0.05, 0) is 105 Å². The molecule has 93 heavy (non-hydrogen) atoms. The maximum absolute atomic E-state index is 12.5. The van der Waals surface area contributed by atoms with Crippen molar-refractivity contribution in [1.82, 2.24) is 0 Å². The van der Waals surface area contributed by atoms with Crippen LogP contribution in [0.2, 0.25) is 20.1 Å². The zero-order valence-corrected chi connectivity index (χ0v) is 56.0. The van der Waals surface area contributed by atoms with Crippen LogP contribution in [0.4, 0.5) is 34.1 Å². The number of benzene rings is 8. The summed E-state index contributed by atoms with van der Waals surface area (Å²) in [6.07, 6.45) is 0.550. The first-order chi connectivity index (χ1) is 44.3. The van der Waals surface area contributed by atoms with Gasteiger partial charge in [-0.25, -0.2) is 0 Å². The van der Waals surface area contributed by atoms with Crippen molar-refractivity contribution in [2.75, 3.05) is 56.5 Å². The maximum atomic E-state index is 12.5. The van der Waals surface area contributed by atoms with E-state index >= 15 is 0 Å². The van der Waals surface area contributed by atoms with Gasteiger partial charge in [-0.15, -0.1) is 0 Å². The van der Waals surface area contributed by atoms with Crippen LogP contribution in [0.25, 0.3) is 0 Å². The smallest absolute Gasteiger partial charge is 0.258 e. The molecule has 8 aromatic rings. The van der Waals surface area contributed by atoms with Crippen molar-refractivity contribution in [2.45, 2.75) is 66.1 Å². The van der Waals surface area contributed by atoms with Crippen molar-refractivity contribution >= 4 is 155 Å². The summed E-state index contributed by atoms with van der Waals surface area (Å²) >= 11 is 26.7.